The molecule has 0 aromatic heterocycles. The molecule has 0 heterocycles. The van der Waals surface area contributed by atoms with E-state index in [1.807, 2.05) is 0 Å². The highest BCUT2D eigenvalue weighted by atomic mass is 16.6. The van der Waals surface area contributed by atoms with Crippen LogP contribution in [0, 0.1) is 10.1 Å². The maximum atomic E-state index is 10.8. The van der Waals surface area contributed by atoms with Gasteiger partial charge in [-0.3, -0.25) is 10.1 Å². The molecular weight excluding hydrogens is 272 g/mol. The minimum absolute atomic E-state index is 0.00579. The lowest BCUT2D eigenvalue weighted by Crippen LogP contribution is -2.00. The zero-order valence-electron chi connectivity index (χ0n) is 11.6. The maximum absolute atomic E-state index is 10.8. The van der Waals surface area contributed by atoms with Crippen molar-refractivity contribution in [1.82, 2.24) is 0 Å². The minimum atomic E-state index is -0.427. The molecule has 2 aromatic rings. The molecule has 21 heavy (non-hydrogen) atoms. The highest BCUT2D eigenvalue weighted by Crippen LogP contribution is 2.25. The van der Waals surface area contributed by atoms with Crippen molar-refractivity contribution >= 4 is 11.4 Å². The van der Waals surface area contributed by atoms with Crippen molar-refractivity contribution < 1.29 is 14.8 Å². The molecule has 2 aromatic carbocycles. The van der Waals surface area contributed by atoms with E-state index in [1.165, 1.54) is 6.07 Å². The molecule has 0 atom stereocenters. The van der Waals surface area contributed by atoms with Gasteiger partial charge in [-0.25, -0.2) is 0 Å². The number of aliphatic hydroxyl groups excluding tert-OH is 1. The zero-order valence-corrected chi connectivity index (χ0v) is 11.6. The third-order valence-corrected chi connectivity index (χ3v) is 3.04. The molecule has 6 nitrogen and oxygen atoms in total. The van der Waals surface area contributed by atoms with Gasteiger partial charge in [0.2, 0.25) is 0 Å². The lowest BCUT2D eigenvalue weighted by atomic mass is 10.2. The molecular formula is C15H16N2O4. The molecule has 0 fully saturated rings. The highest BCUT2D eigenvalue weighted by molar-refractivity contribution is 5.62. The van der Waals surface area contributed by atoms with Gasteiger partial charge in [0.25, 0.3) is 5.69 Å². The van der Waals surface area contributed by atoms with Gasteiger partial charge in [-0.15, -0.1) is 0 Å². The maximum Gasteiger partial charge on any atom is 0.292 e. The number of ether oxygens (including phenoxy) is 1. The van der Waals surface area contributed by atoms with Crippen molar-refractivity contribution in [3.63, 3.8) is 0 Å². The second-order valence-corrected chi connectivity index (χ2v) is 4.45. The average Bonchev–Trinajstić information content (AvgIpc) is 2.52. The molecule has 6 heteroatoms. The second kappa shape index (κ2) is 6.71. The largest absolute Gasteiger partial charge is 0.489 e. The molecule has 0 aliphatic heterocycles. The van der Waals surface area contributed by atoms with E-state index in [-0.39, 0.29) is 12.3 Å². The number of hydrogen-bond acceptors (Lipinski definition) is 5. The molecule has 0 aliphatic rings. The van der Waals surface area contributed by atoms with Crippen LogP contribution >= 0.6 is 0 Å². The number of aliphatic hydroxyl groups is 1. The van der Waals surface area contributed by atoms with Gasteiger partial charge in [-0.2, -0.15) is 0 Å². The average molecular weight is 288 g/mol. The van der Waals surface area contributed by atoms with Gasteiger partial charge in [0.05, 0.1) is 11.5 Å². The van der Waals surface area contributed by atoms with Gasteiger partial charge in [0.15, 0.2) is 0 Å². The first kappa shape index (κ1) is 14.8. The minimum Gasteiger partial charge on any atom is -0.489 e. The Morgan fingerprint density at radius 3 is 2.43 bits per heavy atom. The molecule has 0 radical (unpaired) electrons. The smallest absolute Gasteiger partial charge is 0.292 e. The number of nitro groups is 1. The third-order valence-electron chi connectivity index (χ3n) is 3.04. The number of benzene rings is 2. The summed E-state index contributed by atoms with van der Waals surface area (Å²) in [6, 6.07) is 11.9. The van der Waals surface area contributed by atoms with Crippen molar-refractivity contribution in [2.45, 2.75) is 13.2 Å². The van der Waals surface area contributed by atoms with Gasteiger partial charge < -0.3 is 15.2 Å². The van der Waals surface area contributed by atoms with Crippen LogP contribution in [0.2, 0.25) is 0 Å². The Hall–Kier alpha value is -2.60. The molecule has 0 saturated carbocycles. The summed E-state index contributed by atoms with van der Waals surface area (Å²) in [5.41, 5.74) is 2.14. The standard InChI is InChI=1S/C15H16N2O4/c1-16-14-8-12(4-7-15(14)17(19)20)10-21-13-5-2-11(9-18)3-6-13/h2-8,16,18H,9-10H2,1H3. The van der Waals surface area contributed by atoms with Crippen molar-refractivity contribution in [3.05, 3.63) is 63.7 Å². The molecule has 0 saturated heterocycles. The van der Waals surface area contributed by atoms with Crippen LogP contribution in [0.1, 0.15) is 11.1 Å². The molecule has 0 spiro atoms. The summed E-state index contributed by atoms with van der Waals surface area (Å²) < 4.78 is 5.61. The molecule has 2 N–H and O–H groups in total. The normalized spacial score (nSPS) is 10.2. The van der Waals surface area contributed by atoms with Crippen molar-refractivity contribution in [1.29, 1.82) is 0 Å². The molecule has 110 valence electrons. The number of rotatable bonds is 6. The van der Waals surface area contributed by atoms with E-state index in [4.69, 9.17) is 9.84 Å². The Balaban J connectivity index is 2.07. The van der Waals surface area contributed by atoms with E-state index in [9.17, 15) is 10.1 Å². The lowest BCUT2D eigenvalue weighted by Gasteiger charge is -2.09. The fourth-order valence-electron chi connectivity index (χ4n) is 1.89. The van der Waals surface area contributed by atoms with E-state index in [0.29, 0.717) is 18.0 Å². The Bertz CT molecular complexity index is 626. The predicted molar refractivity (Wildman–Crippen MR) is 79.3 cm³/mol. The molecule has 2 rings (SSSR count). The van der Waals surface area contributed by atoms with Crippen LogP contribution in [0.15, 0.2) is 42.5 Å². The Kier molecular flexibility index (Phi) is 4.73. The summed E-state index contributed by atoms with van der Waals surface area (Å²) >= 11 is 0. The van der Waals surface area contributed by atoms with Crippen LogP contribution < -0.4 is 10.1 Å². The number of nitrogens with one attached hydrogen (secondary N) is 1. The van der Waals surface area contributed by atoms with Crippen LogP contribution in [-0.2, 0) is 13.2 Å². The summed E-state index contributed by atoms with van der Waals surface area (Å²) in [6.07, 6.45) is 0. The molecule has 0 unspecified atom stereocenters. The SMILES string of the molecule is CNc1cc(COc2ccc(CO)cc2)ccc1[N+](=O)[O-]. The van der Waals surface area contributed by atoms with Gasteiger partial charge in [-0.1, -0.05) is 12.1 Å². The van der Waals surface area contributed by atoms with E-state index < -0.39 is 4.92 Å². The van der Waals surface area contributed by atoms with Crippen LogP contribution in [0.5, 0.6) is 5.75 Å². The Morgan fingerprint density at radius 2 is 1.86 bits per heavy atom. The zero-order chi connectivity index (χ0) is 15.2. The first-order valence-electron chi connectivity index (χ1n) is 6.41. The van der Waals surface area contributed by atoms with Crippen LogP contribution in [0.4, 0.5) is 11.4 Å². The van der Waals surface area contributed by atoms with Gasteiger partial charge in [0, 0.05) is 13.1 Å². The van der Waals surface area contributed by atoms with Gasteiger partial charge >= 0.3 is 0 Å². The fourth-order valence-corrected chi connectivity index (χ4v) is 1.89. The highest BCUT2D eigenvalue weighted by Gasteiger charge is 2.12. The summed E-state index contributed by atoms with van der Waals surface area (Å²) in [4.78, 5) is 10.4. The number of nitro benzene ring substituents is 1. The van der Waals surface area contributed by atoms with E-state index in [2.05, 4.69) is 5.32 Å². The summed E-state index contributed by atoms with van der Waals surface area (Å²) in [7, 11) is 1.64. The van der Waals surface area contributed by atoms with Crippen molar-refractivity contribution in [2.24, 2.45) is 0 Å². The summed E-state index contributed by atoms with van der Waals surface area (Å²) in [5.74, 6) is 0.677. The first-order valence-corrected chi connectivity index (χ1v) is 6.41. The fraction of sp³-hybridized carbons (Fsp3) is 0.200. The number of anilines is 1. The van der Waals surface area contributed by atoms with E-state index in [0.717, 1.165) is 11.1 Å². The Labute approximate surface area is 122 Å². The topological polar surface area (TPSA) is 84.6 Å². The molecule has 0 aliphatic carbocycles. The molecule has 0 bridgehead atoms. The van der Waals surface area contributed by atoms with E-state index >= 15 is 0 Å². The van der Waals surface area contributed by atoms with Crippen molar-refractivity contribution in [2.75, 3.05) is 12.4 Å². The quantitative estimate of drug-likeness (QED) is 0.630. The van der Waals surface area contributed by atoms with E-state index in [1.54, 1.807) is 43.4 Å². The summed E-state index contributed by atoms with van der Waals surface area (Å²) in [6.45, 7) is 0.305. The number of nitrogens with zero attached hydrogens (tertiary/aromatic N) is 1. The monoisotopic (exact) mass is 288 g/mol. The predicted octanol–water partition coefficient (Wildman–Crippen LogP) is 2.71. The number of hydrogen-bond donors (Lipinski definition) is 2. The third kappa shape index (κ3) is 3.70. The second-order valence-electron chi connectivity index (χ2n) is 4.45. The molecule has 0 amide bonds. The van der Waals surface area contributed by atoms with Crippen molar-refractivity contribution in [3.8, 4) is 5.75 Å². The van der Waals surface area contributed by atoms with Crippen LogP contribution in [-0.4, -0.2) is 17.1 Å². The van der Waals surface area contributed by atoms with Gasteiger partial charge in [-0.05, 0) is 35.4 Å². The lowest BCUT2D eigenvalue weighted by molar-refractivity contribution is -0.384. The summed E-state index contributed by atoms with van der Waals surface area (Å²) in [5, 5.41) is 22.6. The van der Waals surface area contributed by atoms with Gasteiger partial charge in [0.1, 0.15) is 18.0 Å². The van der Waals surface area contributed by atoms with Crippen LogP contribution in [0.3, 0.4) is 0 Å². The Morgan fingerprint density at radius 1 is 1.19 bits per heavy atom. The van der Waals surface area contributed by atoms with Crippen LogP contribution in [0.25, 0.3) is 0 Å². The first-order chi connectivity index (χ1) is 10.1.